The van der Waals surface area contributed by atoms with Gasteiger partial charge in [-0.15, -0.1) is 0 Å². The molecular formula is C23H30N6O3. The SMILES string of the molecule is CCCc1cc(N2CCC([C@H](OCCOC)C(N)=O)C2)nc(Nc2cccc(C#N)c2)n1. The van der Waals surface area contributed by atoms with Crippen molar-refractivity contribution < 1.29 is 14.3 Å². The van der Waals surface area contributed by atoms with Crippen LogP contribution >= 0.6 is 0 Å². The Bertz CT molecular complexity index is 961. The first-order valence-corrected chi connectivity index (χ1v) is 10.8. The van der Waals surface area contributed by atoms with E-state index in [9.17, 15) is 4.79 Å². The van der Waals surface area contributed by atoms with E-state index in [1.54, 1.807) is 19.2 Å². The summed E-state index contributed by atoms with van der Waals surface area (Å²) in [5.41, 5.74) is 7.85. The molecule has 9 heteroatoms. The van der Waals surface area contributed by atoms with Gasteiger partial charge in [0, 0.05) is 43.6 Å². The van der Waals surface area contributed by atoms with Crippen molar-refractivity contribution in [2.24, 2.45) is 11.7 Å². The molecule has 3 N–H and O–H groups in total. The van der Waals surface area contributed by atoms with E-state index in [1.165, 1.54) is 0 Å². The zero-order valence-corrected chi connectivity index (χ0v) is 18.6. The highest BCUT2D eigenvalue weighted by Gasteiger charge is 2.34. The Morgan fingerprint density at radius 1 is 1.38 bits per heavy atom. The van der Waals surface area contributed by atoms with Crippen molar-refractivity contribution in [3.05, 3.63) is 41.6 Å². The molecule has 1 saturated heterocycles. The van der Waals surface area contributed by atoms with E-state index in [4.69, 9.17) is 25.5 Å². The first kappa shape index (κ1) is 23.4. The third-order valence-corrected chi connectivity index (χ3v) is 5.36. The summed E-state index contributed by atoms with van der Waals surface area (Å²) in [5, 5.41) is 12.4. The number of amides is 1. The Morgan fingerprint density at radius 2 is 2.22 bits per heavy atom. The highest BCUT2D eigenvalue weighted by molar-refractivity contribution is 5.79. The van der Waals surface area contributed by atoms with Crippen LogP contribution in [0.5, 0.6) is 0 Å². The van der Waals surface area contributed by atoms with Crippen LogP contribution in [0.3, 0.4) is 0 Å². The number of rotatable bonds is 11. The molecule has 1 unspecified atom stereocenters. The van der Waals surface area contributed by atoms with Gasteiger partial charge in [-0.25, -0.2) is 4.98 Å². The summed E-state index contributed by atoms with van der Waals surface area (Å²) in [6, 6.07) is 11.3. The van der Waals surface area contributed by atoms with E-state index < -0.39 is 12.0 Å². The maximum Gasteiger partial charge on any atom is 0.246 e. The number of benzene rings is 1. The normalized spacial score (nSPS) is 16.5. The number of anilines is 3. The van der Waals surface area contributed by atoms with E-state index in [-0.39, 0.29) is 5.92 Å². The molecule has 0 spiro atoms. The number of carbonyl (C=O) groups excluding carboxylic acids is 1. The Kier molecular flexibility index (Phi) is 8.36. The second-order valence-electron chi connectivity index (χ2n) is 7.79. The van der Waals surface area contributed by atoms with Crippen molar-refractivity contribution in [3.8, 4) is 6.07 Å². The first-order chi connectivity index (χ1) is 15.5. The fourth-order valence-electron chi connectivity index (χ4n) is 3.83. The molecule has 3 rings (SSSR count). The number of primary amides is 1. The van der Waals surface area contributed by atoms with Crippen LogP contribution in [-0.2, 0) is 20.7 Å². The number of hydrogen-bond acceptors (Lipinski definition) is 8. The average Bonchev–Trinajstić information content (AvgIpc) is 3.26. The Hall–Kier alpha value is -3.22. The fourth-order valence-corrected chi connectivity index (χ4v) is 3.83. The molecule has 1 aromatic heterocycles. The summed E-state index contributed by atoms with van der Waals surface area (Å²) in [7, 11) is 1.59. The summed E-state index contributed by atoms with van der Waals surface area (Å²) in [6.07, 6.45) is 1.91. The van der Waals surface area contributed by atoms with Gasteiger partial charge in [-0.05, 0) is 31.0 Å². The van der Waals surface area contributed by atoms with Crippen LogP contribution in [0, 0.1) is 17.2 Å². The van der Waals surface area contributed by atoms with Crippen molar-refractivity contribution in [1.82, 2.24) is 9.97 Å². The standard InChI is InChI=1S/C23H30N6O3/c1-3-5-18-13-20(28-23(26-18)27-19-7-4-6-16(12-19)14-24)29-9-8-17(15-29)21(22(25)30)32-11-10-31-2/h4,6-7,12-13,17,21H,3,5,8-11,15H2,1-2H3,(H2,25,30)(H,26,27,28)/t17?,21-/m0/s1. The maximum absolute atomic E-state index is 12.0. The number of nitriles is 1. The van der Waals surface area contributed by atoms with Crippen molar-refractivity contribution >= 4 is 23.4 Å². The van der Waals surface area contributed by atoms with Crippen LogP contribution in [-0.4, -0.2) is 55.4 Å². The minimum absolute atomic E-state index is 0.0161. The van der Waals surface area contributed by atoms with Gasteiger partial charge in [0.15, 0.2) is 0 Å². The van der Waals surface area contributed by atoms with Crippen molar-refractivity contribution in [3.63, 3.8) is 0 Å². The minimum Gasteiger partial charge on any atom is -0.382 e. The van der Waals surface area contributed by atoms with Crippen LogP contribution in [0.15, 0.2) is 30.3 Å². The van der Waals surface area contributed by atoms with Gasteiger partial charge in [-0.3, -0.25) is 4.79 Å². The highest BCUT2D eigenvalue weighted by atomic mass is 16.5. The lowest BCUT2D eigenvalue weighted by atomic mass is 10.0. The van der Waals surface area contributed by atoms with Gasteiger partial charge in [0.25, 0.3) is 0 Å². The van der Waals surface area contributed by atoms with Crippen LogP contribution in [0.25, 0.3) is 0 Å². The number of nitrogens with zero attached hydrogens (tertiary/aromatic N) is 4. The summed E-state index contributed by atoms with van der Waals surface area (Å²) in [4.78, 5) is 23.4. The van der Waals surface area contributed by atoms with Gasteiger partial charge >= 0.3 is 0 Å². The molecule has 170 valence electrons. The number of methoxy groups -OCH3 is 1. The lowest BCUT2D eigenvalue weighted by molar-refractivity contribution is -0.133. The van der Waals surface area contributed by atoms with Crippen molar-refractivity contribution in [2.75, 3.05) is 43.6 Å². The fraction of sp³-hybridized carbons (Fsp3) is 0.478. The Labute approximate surface area is 188 Å². The number of aryl methyl sites for hydroxylation is 1. The molecule has 1 aliphatic rings. The van der Waals surface area contributed by atoms with E-state index in [0.29, 0.717) is 31.3 Å². The molecule has 2 atom stereocenters. The summed E-state index contributed by atoms with van der Waals surface area (Å²) < 4.78 is 10.7. The number of ether oxygens (including phenoxy) is 2. The molecule has 0 radical (unpaired) electrons. The number of nitrogens with one attached hydrogen (secondary N) is 1. The zero-order valence-electron chi connectivity index (χ0n) is 18.6. The summed E-state index contributed by atoms with van der Waals surface area (Å²) in [5.74, 6) is 0.803. The lowest BCUT2D eigenvalue weighted by Gasteiger charge is -2.23. The van der Waals surface area contributed by atoms with Crippen LogP contribution in [0.1, 0.15) is 31.0 Å². The average molecular weight is 439 g/mol. The second kappa shape index (κ2) is 11.4. The van der Waals surface area contributed by atoms with E-state index in [1.807, 2.05) is 18.2 Å². The molecule has 0 aliphatic carbocycles. The molecule has 1 aliphatic heterocycles. The molecule has 1 amide bonds. The third-order valence-electron chi connectivity index (χ3n) is 5.36. The van der Waals surface area contributed by atoms with Gasteiger partial charge in [0.2, 0.25) is 11.9 Å². The quantitative estimate of drug-likeness (QED) is 0.512. The monoisotopic (exact) mass is 438 g/mol. The lowest BCUT2D eigenvalue weighted by Crippen LogP contribution is -2.39. The van der Waals surface area contributed by atoms with Gasteiger partial charge in [-0.1, -0.05) is 19.4 Å². The number of hydrogen-bond donors (Lipinski definition) is 2. The smallest absolute Gasteiger partial charge is 0.246 e. The molecule has 1 fully saturated rings. The largest absolute Gasteiger partial charge is 0.382 e. The molecule has 0 saturated carbocycles. The first-order valence-electron chi connectivity index (χ1n) is 10.8. The van der Waals surface area contributed by atoms with Crippen molar-refractivity contribution in [1.29, 1.82) is 5.26 Å². The van der Waals surface area contributed by atoms with Crippen LogP contribution in [0.4, 0.5) is 17.5 Å². The molecule has 32 heavy (non-hydrogen) atoms. The topological polar surface area (TPSA) is 126 Å². The van der Waals surface area contributed by atoms with Gasteiger partial charge < -0.3 is 25.4 Å². The zero-order chi connectivity index (χ0) is 22.9. The van der Waals surface area contributed by atoms with E-state index >= 15 is 0 Å². The third kappa shape index (κ3) is 6.15. The molecule has 1 aromatic carbocycles. The minimum atomic E-state index is -0.654. The molecule has 9 nitrogen and oxygen atoms in total. The molecule has 0 bridgehead atoms. The van der Waals surface area contributed by atoms with Crippen LogP contribution < -0.4 is 16.0 Å². The van der Waals surface area contributed by atoms with E-state index in [0.717, 1.165) is 43.0 Å². The summed E-state index contributed by atoms with van der Waals surface area (Å²) >= 11 is 0. The molecule has 2 aromatic rings. The molecule has 2 heterocycles. The second-order valence-corrected chi connectivity index (χ2v) is 7.79. The van der Waals surface area contributed by atoms with Crippen molar-refractivity contribution in [2.45, 2.75) is 32.3 Å². The van der Waals surface area contributed by atoms with E-state index in [2.05, 4.69) is 28.2 Å². The summed E-state index contributed by atoms with van der Waals surface area (Å²) in [6.45, 7) is 4.20. The predicted molar refractivity (Wildman–Crippen MR) is 122 cm³/mol. The predicted octanol–water partition coefficient (Wildman–Crippen LogP) is 2.39. The maximum atomic E-state index is 12.0. The van der Waals surface area contributed by atoms with Crippen LogP contribution in [0.2, 0.25) is 0 Å². The Morgan fingerprint density at radius 3 is 2.94 bits per heavy atom. The number of carbonyl (C=O) groups is 1. The van der Waals surface area contributed by atoms with Gasteiger partial charge in [-0.2, -0.15) is 10.2 Å². The molecular weight excluding hydrogens is 408 g/mol. The highest BCUT2D eigenvalue weighted by Crippen LogP contribution is 2.28. The van der Waals surface area contributed by atoms with Gasteiger partial charge in [0.1, 0.15) is 11.9 Å². The number of aromatic nitrogens is 2. The Balaban J connectivity index is 1.78. The van der Waals surface area contributed by atoms with Gasteiger partial charge in [0.05, 0.1) is 24.8 Å². The number of nitrogens with two attached hydrogens (primary N) is 1.